The van der Waals surface area contributed by atoms with Gasteiger partial charge in [-0.3, -0.25) is 0 Å². The molecule has 1 radical (unpaired) electrons. The summed E-state index contributed by atoms with van der Waals surface area (Å²) in [5.74, 6) is -1.54. The van der Waals surface area contributed by atoms with Crippen LogP contribution in [0.4, 0.5) is 5.69 Å². The van der Waals surface area contributed by atoms with Gasteiger partial charge in [0.05, 0.1) is 5.69 Å². The molecular weight excluding hydrogens is 146 g/mol. The molecule has 0 bridgehead atoms. The van der Waals surface area contributed by atoms with Crippen LogP contribution in [-0.2, 0) is 0 Å². The number of rotatable bonds is 1. The van der Waals surface area contributed by atoms with Crippen molar-refractivity contribution >= 4 is 11.7 Å². The molecule has 0 heterocycles. The molecule has 0 amide bonds. The number of carboxylic acids is 1. The van der Waals surface area contributed by atoms with E-state index >= 15 is 0 Å². The first-order chi connectivity index (χ1) is 5.11. The van der Waals surface area contributed by atoms with Crippen molar-refractivity contribution in [2.75, 3.05) is 0 Å². The number of nitrogens with one attached hydrogen (secondary N) is 1. The Balaban J connectivity index is 3.23. The number of hydrogen-bond acceptors (Lipinski definition) is 2. The van der Waals surface area contributed by atoms with Crippen molar-refractivity contribution < 1.29 is 15.0 Å². The standard InChI is InChI=1S/C7H6NO3/c8-4-1-2-6(9)5(3-4)7(10)11/h1-3,8-9H,(H,10,11). The molecule has 0 aliphatic rings. The van der Waals surface area contributed by atoms with Crippen LogP contribution < -0.4 is 5.73 Å². The van der Waals surface area contributed by atoms with Gasteiger partial charge in [-0.1, -0.05) is 0 Å². The van der Waals surface area contributed by atoms with Gasteiger partial charge in [0.2, 0.25) is 0 Å². The van der Waals surface area contributed by atoms with Crippen molar-refractivity contribution in [1.82, 2.24) is 5.73 Å². The third-order valence-corrected chi connectivity index (χ3v) is 1.23. The number of aromatic carboxylic acids is 1. The Hall–Kier alpha value is -1.71. The van der Waals surface area contributed by atoms with Crippen LogP contribution in [-0.4, -0.2) is 16.2 Å². The predicted octanol–water partition coefficient (Wildman–Crippen LogP) is 1.00. The van der Waals surface area contributed by atoms with Gasteiger partial charge in [-0.25, -0.2) is 4.79 Å². The molecule has 0 spiro atoms. The zero-order valence-electron chi connectivity index (χ0n) is 5.53. The van der Waals surface area contributed by atoms with E-state index < -0.39 is 5.97 Å². The van der Waals surface area contributed by atoms with Gasteiger partial charge in [-0.05, 0) is 18.2 Å². The minimum atomic E-state index is -1.23. The van der Waals surface area contributed by atoms with Crippen molar-refractivity contribution in [1.29, 1.82) is 0 Å². The maximum atomic E-state index is 10.3. The molecule has 4 heteroatoms. The van der Waals surface area contributed by atoms with Gasteiger partial charge in [0.25, 0.3) is 0 Å². The summed E-state index contributed by atoms with van der Waals surface area (Å²) in [6.45, 7) is 0. The molecule has 1 rings (SSSR count). The first-order valence-corrected chi connectivity index (χ1v) is 2.89. The van der Waals surface area contributed by atoms with Crippen molar-refractivity contribution in [2.24, 2.45) is 0 Å². The minimum Gasteiger partial charge on any atom is -0.507 e. The van der Waals surface area contributed by atoms with Crippen LogP contribution in [0.2, 0.25) is 0 Å². The topological polar surface area (TPSA) is 81.3 Å². The van der Waals surface area contributed by atoms with E-state index in [1.807, 2.05) is 0 Å². The summed E-state index contributed by atoms with van der Waals surface area (Å²) < 4.78 is 0. The molecule has 0 atom stereocenters. The summed E-state index contributed by atoms with van der Waals surface area (Å²) >= 11 is 0. The van der Waals surface area contributed by atoms with E-state index in [0.717, 1.165) is 6.07 Å². The van der Waals surface area contributed by atoms with Crippen LogP contribution in [0, 0.1) is 0 Å². The lowest BCUT2D eigenvalue weighted by Gasteiger charge is -1.98. The third kappa shape index (κ3) is 1.40. The molecule has 0 fully saturated rings. The second-order valence-electron chi connectivity index (χ2n) is 2.04. The van der Waals surface area contributed by atoms with Gasteiger partial charge in [-0.2, -0.15) is 0 Å². The monoisotopic (exact) mass is 152 g/mol. The van der Waals surface area contributed by atoms with Gasteiger partial charge < -0.3 is 15.9 Å². The van der Waals surface area contributed by atoms with E-state index in [1.54, 1.807) is 0 Å². The summed E-state index contributed by atoms with van der Waals surface area (Å²) in [7, 11) is 0. The predicted molar refractivity (Wildman–Crippen MR) is 37.8 cm³/mol. The Bertz CT molecular complexity index is 296. The fourth-order valence-electron chi connectivity index (χ4n) is 0.707. The molecule has 1 aromatic rings. The summed E-state index contributed by atoms with van der Waals surface area (Å²) in [5.41, 5.74) is 6.88. The quantitative estimate of drug-likeness (QED) is 0.589. The maximum absolute atomic E-state index is 10.3. The van der Waals surface area contributed by atoms with Gasteiger partial charge >= 0.3 is 5.97 Å². The molecule has 0 saturated heterocycles. The number of carboxylic acid groups (broad SMARTS) is 1. The lowest BCUT2D eigenvalue weighted by atomic mass is 10.2. The highest BCUT2D eigenvalue weighted by Gasteiger charge is 2.08. The fourth-order valence-corrected chi connectivity index (χ4v) is 0.707. The van der Waals surface area contributed by atoms with Crippen LogP contribution in [0.5, 0.6) is 5.75 Å². The van der Waals surface area contributed by atoms with Crippen molar-refractivity contribution in [2.45, 2.75) is 0 Å². The highest BCUT2D eigenvalue weighted by Crippen LogP contribution is 2.19. The molecule has 57 valence electrons. The van der Waals surface area contributed by atoms with Crippen LogP contribution in [0.3, 0.4) is 0 Å². The Morgan fingerprint density at radius 1 is 1.45 bits per heavy atom. The average molecular weight is 152 g/mol. The van der Waals surface area contributed by atoms with Crippen molar-refractivity contribution in [3.05, 3.63) is 23.8 Å². The molecule has 0 aliphatic carbocycles. The van der Waals surface area contributed by atoms with E-state index in [9.17, 15) is 4.79 Å². The number of phenols is 1. The Morgan fingerprint density at radius 3 is 2.55 bits per heavy atom. The Labute approximate surface area is 62.9 Å². The number of carbonyl (C=O) groups is 1. The first kappa shape index (κ1) is 7.40. The second kappa shape index (κ2) is 2.49. The van der Waals surface area contributed by atoms with E-state index in [2.05, 4.69) is 0 Å². The SMILES string of the molecule is [NH]c1ccc(O)c(C(=O)O)c1. The van der Waals surface area contributed by atoms with E-state index in [1.165, 1.54) is 12.1 Å². The van der Waals surface area contributed by atoms with Gasteiger partial charge in [-0.15, -0.1) is 0 Å². The molecule has 0 aliphatic heterocycles. The largest absolute Gasteiger partial charge is 0.507 e. The molecule has 4 nitrogen and oxygen atoms in total. The fraction of sp³-hybridized carbons (Fsp3) is 0. The van der Waals surface area contributed by atoms with Crippen molar-refractivity contribution in [3.8, 4) is 5.75 Å². The zero-order valence-corrected chi connectivity index (χ0v) is 5.53. The lowest BCUT2D eigenvalue weighted by Crippen LogP contribution is -1.96. The zero-order chi connectivity index (χ0) is 8.43. The van der Waals surface area contributed by atoms with Gasteiger partial charge in [0.15, 0.2) is 0 Å². The van der Waals surface area contributed by atoms with Crippen LogP contribution >= 0.6 is 0 Å². The van der Waals surface area contributed by atoms with Gasteiger partial charge in [0, 0.05) is 0 Å². The minimum absolute atomic E-state index is 0.0696. The van der Waals surface area contributed by atoms with Crippen LogP contribution in [0.25, 0.3) is 0 Å². The number of benzene rings is 1. The number of aromatic hydroxyl groups is 1. The van der Waals surface area contributed by atoms with Gasteiger partial charge in [0.1, 0.15) is 11.3 Å². The smallest absolute Gasteiger partial charge is 0.339 e. The molecule has 0 unspecified atom stereocenters. The Morgan fingerprint density at radius 2 is 2.09 bits per heavy atom. The van der Waals surface area contributed by atoms with E-state index in [-0.39, 0.29) is 17.0 Å². The summed E-state index contributed by atoms with van der Waals surface area (Å²) in [6, 6.07) is 3.60. The lowest BCUT2D eigenvalue weighted by molar-refractivity contribution is 0.0694. The molecule has 1 aromatic carbocycles. The average Bonchev–Trinajstić information content (AvgIpc) is 1.94. The molecule has 3 N–H and O–H groups in total. The summed E-state index contributed by atoms with van der Waals surface area (Å²) in [6.07, 6.45) is 0. The van der Waals surface area contributed by atoms with Crippen LogP contribution in [0.1, 0.15) is 10.4 Å². The molecular formula is C7H6NO3. The normalized spacial score (nSPS) is 9.45. The highest BCUT2D eigenvalue weighted by molar-refractivity contribution is 5.91. The maximum Gasteiger partial charge on any atom is 0.339 e. The number of hydrogen-bond donors (Lipinski definition) is 2. The van der Waals surface area contributed by atoms with E-state index in [0.29, 0.717) is 0 Å². The van der Waals surface area contributed by atoms with Crippen molar-refractivity contribution in [3.63, 3.8) is 0 Å². The first-order valence-electron chi connectivity index (χ1n) is 2.89. The molecule has 0 saturated carbocycles. The summed E-state index contributed by atoms with van der Waals surface area (Å²) in [5, 5.41) is 17.4. The Kier molecular flexibility index (Phi) is 1.68. The molecule has 0 aromatic heterocycles. The second-order valence-corrected chi connectivity index (χ2v) is 2.04. The van der Waals surface area contributed by atoms with Crippen LogP contribution in [0.15, 0.2) is 18.2 Å². The third-order valence-electron chi connectivity index (χ3n) is 1.23. The molecule has 11 heavy (non-hydrogen) atoms. The van der Waals surface area contributed by atoms with E-state index in [4.69, 9.17) is 15.9 Å². The highest BCUT2D eigenvalue weighted by atomic mass is 16.4. The summed E-state index contributed by atoms with van der Waals surface area (Å²) in [4.78, 5) is 10.3.